The minimum atomic E-state index is 0.240. The van der Waals surface area contributed by atoms with Crippen molar-refractivity contribution in [2.24, 2.45) is 0 Å². The number of amides is 1. The van der Waals surface area contributed by atoms with E-state index in [0.29, 0.717) is 11.7 Å². The first-order valence-corrected chi connectivity index (χ1v) is 8.36. The smallest absolute Gasteiger partial charge is 0.236 e. The van der Waals surface area contributed by atoms with Gasteiger partial charge in [0.05, 0.1) is 6.54 Å². The van der Waals surface area contributed by atoms with E-state index in [1.165, 1.54) is 4.88 Å². The zero-order valence-corrected chi connectivity index (χ0v) is 13.7. The second-order valence-corrected chi connectivity index (χ2v) is 6.43. The molecule has 0 unspecified atom stereocenters. The van der Waals surface area contributed by atoms with Gasteiger partial charge in [0.15, 0.2) is 5.13 Å². The van der Waals surface area contributed by atoms with E-state index in [-0.39, 0.29) is 5.91 Å². The van der Waals surface area contributed by atoms with Crippen molar-refractivity contribution in [3.05, 3.63) is 11.1 Å². The largest absolute Gasteiger partial charge is 0.375 e. The highest BCUT2D eigenvalue weighted by Gasteiger charge is 2.21. The molecule has 1 aromatic heterocycles. The van der Waals surface area contributed by atoms with Gasteiger partial charge in [-0.2, -0.15) is 0 Å². The number of aromatic nitrogens is 1. The molecule has 1 aliphatic rings. The Hall–Kier alpha value is -1.18. The molecule has 6 nitrogen and oxygen atoms in total. The number of carbonyl (C=O) groups is 1. The van der Waals surface area contributed by atoms with Crippen molar-refractivity contribution in [3.8, 4) is 0 Å². The Labute approximate surface area is 130 Å². The van der Waals surface area contributed by atoms with E-state index in [2.05, 4.69) is 14.8 Å². The van der Waals surface area contributed by atoms with Crippen molar-refractivity contribution in [2.75, 3.05) is 51.5 Å². The number of hydrogen-bond donors (Lipinski definition) is 1. The van der Waals surface area contributed by atoms with Crippen molar-refractivity contribution in [1.82, 2.24) is 19.7 Å². The van der Waals surface area contributed by atoms with Crippen LogP contribution in [-0.2, 0) is 11.3 Å². The highest BCUT2D eigenvalue weighted by Crippen LogP contribution is 2.17. The Morgan fingerprint density at radius 1 is 1.29 bits per heavy atom. The molecule has 0 atom stereocenters. The number of rotatable bonds is 6. The van der Waals surface area contributed by atoms with Crippen molar-refractivity contribution >= 4 is 22.4 Å². The van der Waals surface area contributed by atoms with Crippen LogP contribution in [-0.4, -0.2) is 71.4 Å². The minimum Gasteiger partial charge on any atom is -0.375 e. The lowest BCUT2D eigenvalue weighted by molar-refractivity contribution is -0.132. The lowest BCUT2D eigenvalue weighted by Crippen LogP contribution is -2.49. The van der Waals surface area contributed by atoms with Gasteiger partial charge in [0.25, 0.3) is 0 Å². The summed E-state index contributed by atoms with van der Waals surface area (Å²) in [5, 5.41) is 0.633. The molecule has 0 bridgehead atoms. The van der Waals surface area contributed by atoms with Crippen LogP contribution < -0.4 is 5.73 Å². The second kappa shape index (κ2) is 7.72. The Morgan fingerprint density at radius 2 is 1.90 bits per heavy atom. The van der Waals surface area contributed by atoms with Crippen molar-refractivity contribution in [3.63, 3.8) is 0 Å². The number of nitrogens with zero attached hydrogens (tertiary/aromatic N) is 4. The van der Waals surface area contributed by atoms with E-state index >= 15 is 0 Å². The third-order valence-corrected chi connectivity index (χ3v) is 4.70. The second-order valence-electron chi connectivity index (χ2n) is 5.28. The van der Waals surface area contributed by atoms with Crippen LogP contribution in [0, 0.1) is 0 Å². The Morgan fingerprint density at radius 3 is 2.43 bits per heavy atom. The average Bonchev–Trinajstić information content (AvgIpc) is 2.88. The number of nitrogens with two attached hydrogens (primary N) is 1. The third-order valence-electron chi connectivity index (χ3n) is 3.89. The van der Waals surface area contributed by atoms with Gasteiger partial charge in [-0.1, -0.05) is 0 Å². The number of thiazole rings is 1. The predicted octanol–water partition coefficient (Wildman–Crippen LogP) is 0.711. The molecule has 1 aromatic rings. The highest BCUT2D eigenvalue weighted by molar-refractivity contribution is 7.15. The Balaban J connectivity index is 1.74. The van der Waals surface area contributed by atoms with Gasteiger partial charge in [0.1, 0.15) is 0 Å². The standard InChI is InChI=1S/C14H25N5OS/c1-3-19(4-2)13(20)11-18-7-5-17(6-8-18)10-12-9-16-14(15)21-12/h9H,3-8,10-11H2,1-2H3,(H2,15,16). The molecule has 2 rings (SSSR count). The van der Waals surface area contributed by atoms with Crippen molar-refractivity contribution in [2.45, 2.75) is 20.4 Å². The molecule has 0 radical (unpaired) electrons. The molecule has 118 valence electrons. The van der Waals surface area contributed by atoms with Crippen LogP contribution in [0.5, 0.6) is 0 Å². The summed E-state index contributed by atoms with van der Waals surface area (Å²) in [4.78, 5) is 23.9. The highest BCUT2D eigenvalue weighted by atomic mass is 32.1. The summed E-state index contributed by atoms with van der Waals surface area (Å²) in [5.41, 5.74) is 5.65. The molecular formula is C14H25N5OS. The SMILES string of the molecule is CCN(CC)C(=O)CN1CCN(Cc2cnc(N)s2)CC1. The number of piperazine rings is 1. The van der Waals surface area contributed by atoms with Crippen LogP contribution in [0.1, 0.15) is 18.7 Å². The molecule has 1 aliphatic heterocycles. The van der Waals surface area contributed by atoms with Gasteiger partial charge in [0, 0.05) is 56.9 Å². The van der Waals surface area contributed by atoms with Crippen LogP contribution in [0.2, 0.25) is 0 Å². The van der Waals surface area contributed by atoms with Gasteiger partial charge in [0.2, 0.25) is 5.91 Å². The molecule has 2 heterocycles. The molecule has 0 saturated carbocycles. The molecule has 7 heteroatoms. The van der Waals surface area contributed by atoms with Gasteiger partial charge >= 0.3 is 0 Å². The monoisotopic (exact) mass is 311 g/mol. The van der Waals surface area contributed by atoms with Gasteiger partial charge in [-0.25, -0.2) is 4.98 Å². The maximum absolute atomic E-state index is 12.1. The molecule has 2 N–H and O–H groups in total. The van der Waals surface area contributed by atoms with Gasteiger partial charge in [-0.3, -0.25) is 14.6 Å². The van der Waals surface area contributed by atoms with Crippen molar-refractivity contribution < 1.29 is 4.79 Å². The van der Waals surface area contributed by atoms with Crippen LogP contribution in [0.15, 0.2) is 6.20 Å². The van der Waals surface area contributed by atoms with Crippen LogP contribution in [0.4, 0.5) is 5.13 Å². The molecule has 1 fully saturated rings. The van der Waals surface area contributed by atoms with E-state index in [9.17, 15) is 4.79 Å². The van der Waals surface area contributed by atoms with E-state index in [1.807, 2.05) is 24.9 Å². The van der Waals surface area contributed by atoms with Crippen LogP contribution in [0.25, 0.3) is 0 Å². The predicted molar refractivity (Wildman–Crippen MR) is 86.2 cm³/mol. The summed E-state index contributed by atoms with van der Waals surface area (Å²) in [6.45, 7) is 11.0. The summed E-state index contributed by atoms with van der Waals surface area (Å²) in [5.74, 6) is 0.240. The molecule has 0 aliphatic carbocycles. The van der Waals surface area contributed by atoms with Crippen molar-refractivity contribution in [1.29, 1.82) is 0 Å². The number of hydrogen-bond acceptors (Lipinski definition) is 6. The average molecular weight is 311 g/mol. The summed E-state index contributed by atoms with van der Waals surface area (Å²) >= 11 is 1.55. The summed E-state index contributed by atoms with van der Waals surface area (Å²) in [6.07, 6.45) is 1.86. The zero-order chi connectivity index (χ0) is 15.2. The fourth-order valence-corrected chi connectivity index (χ4v) is 3.32. The Kier molecular flexibility index (Phi) is 5.96. The lowest BCUT2D eigenvalue weighted by atomic mass is 10.3. The zero-order valence-electron chi connectivity index (χ0n) is 12.9. The van der Waals surface area contributed by atoms with Crippen LogP contribution >= 0.6 is 11.3 Å². The fraction of sp³-hybridized carbons (Fsp3) is 0.714. The molecule has 1 amide bonds. The first-order chi connectivity index (χ1) is 10.1. The molecule has 0 aromatic carbocycles. The quantitative estimate of drug-likeness (QED) is 0.838. The van der Waals surface area contributed by atoms with E-state index in [1.54, 1.807) is 11.3 Å². The van der Waals surface area contributed by atoms with Gasteiger partial charge in [-0.05, 0) is 13.8 Å². The Bertz CT molecular complexity index is 452. The van der Waals surface area contributed by atoms with Gasteiger partial charge in [-0.15, -0.1) is 11.3 Å². The number of likely N-dealkylation sites (N-methyl/N-ethyl adjacent to an activating group) is 1. The molecule has 1 saturated heterocycles. The third kappa shape index (κ3) is 4.66. The summed E-state index contributed by atoms with van der Waals surface area (Å²) < 4.78 is 0. The minimum absolute atomic E-state index is 0.240. The molecular weight excluding hydrogens is 286 g/mol. The van der Waals surface area contributed by atoms with E-state index in [0.717, 1.165) is 45.8 Å². The molecule has 21 heavy (non-hydrogen) atoms. The van der Waals surface area contributed by atoms with E-state index < -0.39 is 0 Å². The first-order valence-electron chi connectivity index (χ1n) is 7.55. The fourth-order valence-electron chi connectivity index (χ4n) is 2.59. The summed E-state index contributed by atoms with van der Waals surface area (Å²) in [6, 6.07) is 0. The topological polar surface area (TPSA) is 65.7 Å². The first kappa shape index (κ1) is 16.2. The van der Waals surface area contributed by atoms with E-state index in [4.69, 9.17) is 5.73 Å². The van der Waals surface area contributed by atoms with Crippen LogP contribution in [0.3, 0.4) is 0 Å². The molecule has 0 spiro atoms. The maximum atomic E-state index is 12.1. The number of nitrogen functional groups attached to an aromatic ring is 1. The lowest BCUT2D eigenvalue weighted by Gasteiger charge is -2.34. The maximum Gasteiger partial charge on any atom is 0.236 e. The normalized spacial score (nSPS) is 17.0. The number of anilines is 1. The van der Waals surface area contributed by atoms with Gasteiger partial charge < -0.3 is 10.6 Å². The number of carbonyl (C=O) groups excluding carboxylic acids is 1. The summed E-state index contributed by atoms with van der Waals surface area (Å²) in [7, 11) is 0.